The van der Waals surface area contributed by atoms with Crippen molar-refractivity contribution in [1.82, 2.24) is 5.32 Å². The molecule has 0 saturated heterocycles. The fourth-order valence-electron chi connectivity index (χ4n) is 2.53. The van der Waals surface area contributed by atoms with Crippen LogP contribution in [0.25, 0.3) is 0 Å². The van der Waals surface area contributed by atoms with Gasteiger partial charge >= 0.3 is 6.03 Å². The number of amides is 2. The van der Waals surface area contributed by atoms with Gasteiger partial charge in [0.1, 0.15) is 5.82 Å². The number of carbonyl (C=O) groups excluding carboxylic acids is 1. The van der Waals surface area contributed by atoms with Crippen LogP contribution in [0.4, 0.5) is 9.18 Å². The maximum absolute atomic E-state index is 13.7. The van der Waals surface area contributed by atoms with Gasteiger partial charge in [-0.05, 0) is 18.9 Å². The first-order chi connectivity index (χ1) is 7.64. The van der Waals surface area contributed by atoms with Crippen LogP contribution in [-0.2, 0) is 5.54 Å². The molecular formula is C12H15FN2O. The standard InChI is InChI=1S/C12H15FN2O/c13-10-6-2-1-5-9(10)12(15-11(14)16)7-3-4-8-12/h1-2,5-6H,3-4,7-8H2,(H3,14,15,16). The third-order valence-electron chi connectivity index (χ3n) is 3.21. The highest BCUT2D eigenvalue weighted by Crippen LogP contribution is 2.39. The van der Waals surface area contributed by atoms with Crippen LogP contribution in [0, 0.1) is 5.82 Å². The van der Waals surface area contributed by atoms with Gasteiger partial charge in [-0.3, -0.25) is 0 Å². The number of hydrogen-bond donors (Lipinski definition) is 2. The van der Waals surface area contributed by atoms with Crippen molar-refractivity contribution >= 4 is 6.03 Å². The molecule has 2 rings (SSSR count). The fourth-order valence-corrected chi connectivity index (χ4v) is 2.53. The lowest BCUT2D eigenvalue weighted by atomic mass is 9.88. The van der Waals surface area contributed by atoms with E-state index in [0.717, 1.165) is 25.7 Å². The van der Waals surface area contributed by atoms with Gasteiger partial charge in [-0.15, -0.1) is 0 Å². The van der Waals surface area contributed by atoms with E-state index in [0.29, 0.717) is 5.56 Å². The average molecular weight is 222 g/mol. The fraction of sp³-hybridized carbons (Fsp3) is 0.417. The Morgan fingerprint density at radius 1 is 1.31 bits per heavy atom. The maximum Gasteiger partial charge on any atom is 0.312 e. The summed E-state index contributed by atoms with van der Waals surface area (Å²) in [5.41, 5.74) is 5.12. The van der Waals surface area contributed by atoms with Gasteiger partial charge in [-0.1, -0.05) is 31.0 Å². The molecule has 16 heavy (non-hydrogen) atoms. The molecule has 0 bridgehead atoms. The Morgan fingerprint density at radius 2 is 1.94 bits per heavy atom. The van der Waals surface area contributed by atoms with Gasteiger partial charge in [0.05, 0.1) is 5.54 Å². The van der Waals surface area contributed by atoms with Crippen molar-refractivity contribution in [3.8, 4) is 0 Å². The predicted molar refractivity (Wildman–Crippen MR) is 59.3 cm³/mol. The van der Waals surface area contributed by atoms with Gasteiger partial charge < -0.3 is 11.1 Å². The zero-order valence-electron chi connectivity index (χ0n) is 9.00. The molecule has 1 aromatic rings. The largest absolute Gasteiger partial charge is 0.352 e. The Balaban J connectivity index is 2.39. The first-order valence-electron chi connectivity index (χ1n) is 5.47. The molecule has 0 aromatic heterocycles. The molecule has 0 unspecified atom stereocenters. The first kappa shape index (κ1) is 10.9. The van der Waals surface area contributed by atoms with Crippen molar-refractivity contribution < 1.29 is 9.18 Å². The van der Waals surface area contributed by atoms with Crippen molar-refractivity contribution in [1.29, 1.82) is 0 Å². The molecule has 0 spiro atoms. The molecule has 1 aliphatic carbocycles. The van der Waals surface area contributed by atoms with E-state index in [2.05, 4.69) is 5.32 Å². The average Bonchev–Trinajstić information content (AvgIpc) is 2.67. The molecule has 0 atom stereocenters. The zero-order valence-corrected chi connectivity index (χ0v) is 9.00. The molecule has 2 amide bonds. The van der Waals surface area contributed by atoms with Gasteiger partial charge in [0.25, 0.3) is 0 Å². The SMILES string of the molecule is NC(=O)NC1(c2ccccc2F)CCCC1. The van der Waals surface area contributed by atoms with E-state index in [1.165, 1.54) is 6.07 Å². The number of nitrogens with two attached hydrogens (primary N) is 1. The molecule has 86 valence electrons. The summed E-state index contributed by atoms with van der Waals surface area (Å²) in [4.78, 5) is 11.0. The topological polar surface area (TPSA) is 55.1 Å². The lowest BCUT2D eigenvalue weighted by Gasteiger charge is -2.30. The Hall–Kier alpha value is -1.58. The van der Waals surface area contributed by atoms with Crippen molar-refractivity contribution in [3.63, 3.8) is 0 Å². The Kier molecular flexibility index (Phi) is 2.81. The van der Waals surface area contributed by atoms with Gasteiger partial charge in [-0.25, -0.2) is 9.18 Å². The smallest absolute Gasteiger partial charge is 0.312 e. The van der Waals surface area contributed by atoms with Crippen molar-refractivity contribution in [2.24, 2.45) is 5.73 Å². The van der Waals surface area contributed by atoms with Crippen LogP contribution in [0.5, 0.6) is 0 Å². The highest BCUT2D eigenvalue weighted by atomic mass is 19.1. The quantitative estimate of drug-likeness (QED) is 0.792. The summed E-state index contributed by atoms with van der Waals surface area (Å²) in [5.74, 6) is -0.279. The van der Waals surface area contributed by atoms with E-state index >= 15 is 0 Å². The van der Waals surface area contributed by atoms with Gasteiger partial charge in [0.15, 0.2) is 0 Å². The molecule has 1 fully saturated rings. The van der Waals surface area contributed by atoms with Gasteiger partial charge in [-0.2, -0.15) is 0 Å². The Morgan fingerprint density at radius 3 is 2.50 bits per heavy atom. The summed E-state index contributed by atoms with van der Waals surface area (Å²) < 4.78 is 13.7. The molecular weight excluding hydrogens is 207 g/mol. The van der Waals surface area contributed by atoms with E-state index in [1.54, 1.807) is 18.2 Å². The van der Waals surface area contributed by atoms with Crippen LogP contribution in [-0.4, -0.2) is 6.03 Å². The normalized spacial score (nSPS) is 18.3. The molecule has 1 saturated carbocycles. The van der Waals surface area contributed by atoms with Crippen LogP contribution >= 0.6 is 0 Å². The van der Waals surface area contributed by atoms with E-state index in [4.69, 9.17) is 5.73 Å². The number of urea groups is 1. The second-order valence-corrected chi connectivity index (χ2v) is 4.26. The molecule has 3 nitrogen and oxygen atoms in total. The molecule has 1 aliphatic rings. The predicted octanol–water partition coefficient (Wildman–Crippen LogP) is 2.26. The monoisotopic (exact) mass is 222 g/mol. The van der Waals surface area contributed by atoms with Crippen LogP contribution < -0.4 is 11.1 Å². The molecule has 4 heteroatoms. The lowest BCUT2D eigenvalue weighted by Crippen LogP contribution is -2.46. The lowest BCUT2D eigenvalue weighted by molar-refractivity contribution is 0.232. The van der Waals surface area contributed by atoms with Crippen LogP contribution in [0.1, 0.15) is 31.2 Å². The summed E-state index contributed by atoms with van der Waals surface area (Å²) in [6.45, 7) is 0. The van der Waals surface area contributed by atoms with Gasteiger partial charge in [0.2, 0.25) is 0 Å². The second kappa shape index (κ2) is 4.12. The zero-order chi connectivity index (χ0) is 11.6. The van der Waals surface area contributed by atoms with Crippen molar-refractivity contribution in [2.75, 3.05) is 0 Å². The Bertz CT molecular complexity index is 400. The number of benzene rings is 1. The summed E-state index contributed by atoms with van der Waals surface area (Å²) in [7, 11) is 0. The molecule has 0 aliphatic heterocycles. The number of primary amides is 1. The minimum atomic E-state index is -0.600. The summed E-state index contributed by atoms with van der Waals surface area (Å²) >= 11 is 0. The molecule has 0 radical (unpaired) electrons. The van der Waals surface area contributed by atoms with Gasteiger partial charge in [0, 0.05) is 5.56 Å². The molecule has 1 aromatic carbocycles. The van der Waals surface area contributed by atoms with Crippen molar-refractivity contribution in [2.45, 2.75) is 31.2 Å². The van der Waals surface area contributed by atoms with E-state index in [-0.39, 0.29) is 5.82 Å². The highest BCUT2D eigenvalue weighted by molar-refractivity contribution is 5.73. The number of nitrogens with one attached hydrogen (secondary N) is 1. The molecule has 3 N–H and O–H groups in total. The van der Waals surface area contributed by atoms with Crippen molar-refractivity contribution in [3.05, 3.63) is 35.6 Å². The highest BCUT2D eigenvalue weighted by Gasteiger charge is 2.38. The van der Waals surface area contributed by atoms with Crippen LogP contribution in [0.3, 0.4) is 0 Å². The third kappa shape index (κ3) is 1.87. The number of carbonyl (C=O) groups is 1. The van der Waals surface area contributed by atoms with E-state index < -0.39 is 11.6 Å². The van der Waals surface area contributed by atoms with E-state index in [1.807, 2.05) is 0 Å². The minimum Gasteiger partial charge on any atom is -0.352 e. The maximum atomic E-state index is 13.7. The summed E-state index contributed by atoms with van der Waals surface area (Å²) in [6, 6.07) is 5.96. The summed E-state index contributed by atoms with van der Waals surface area (Å²) in [6.07, 6.45) is 3.46. The second-order valence-electron chi connectivity index (χ2n) is 4.26. The number of hydrogen-bond acceptors (Lipinski definition) is 1. The van der Waals surface area contributed by atoms with Crippen LogP contribution in [0.15, 0.2) is 24.3 Å². The number of halogens is 1. The van der Waals surface area contributed by atoms with E-state index in [9.17, 15) is 9.18 Å². The summed E-state index contributed by atoms with van der Waals surface area (Å²) in [5, 5.41) is 2.71. The van der Waals surface area contributed by atoms with Crippen LogP contribution in [0.2, 0.25) is 0 Å². The Labute approximate surface area is 93.8 Å². The number of rotatable bonds is 2. The minimum absolute atomic E-state index is 0.279. The first-order valence-corrected chi connectivity index (χ1v) is 5.47. The third-order valence-corrected chi connectivity index (χ3v) is 3.21. The molecule has 0 heterocycles.